The number of benzene rings is 1. The molecule has 4 atom stereocenters. The number of fused-ring (bicyclic) bond motifs is 5. The Morgan fingerprint density at radius 1 is 1.26 bits per heavy atom. The summed E-state index contributed by atoms with van der Waals surface area (Å²) in [5.41, 5.74) is 2.96. The van der Waals surface area contributed by atoms with Gasteiger partial charge in [0.25, 0.3) is 0 Å². The summed E-state index contributed by atoms with van der Waals surface area (Å²) in [7, 11) is 0. The van der Waals surface area contributed by atoms with Crippen molar-refractivity contribution in [1.29, 1.82) is 0 Å². The fraction of sp³-hybridized carbons (Fsp3) is 0.562. The van der Waals surface area contributed by atoms with Crippen LogP contribution in [0.1, 0.15) is 36.9 Å². The number of ether oxygens (including phenoxy) is 1. The molecule has 0 radical (unpaired) electrons. The second kappa shape index (κ2) is 4.07. The second-order valence-electron chi connectivity index (χ2n) is 6.02. The average Bonchev–Trinajstić information content (AvgIpc) is 2.74. The van der Waals surface area contributed by atoms with Gasteiger partial charge in [0.15, 0.2) is 0 Å². The molecule has 3 heteroatoms. The van der Waals surface area contributed by atoms with Gasteiger partial charge in [-0.3, -0.25) is 9.69 Å². The van der Waals surface area contributed by atoms with E-state index in [2.05, 4.69) is 29.2 Å². The monoisotopic (exact) mass is 257 g/mol. The van der Waals surface area contributed by atoms with Gasteiger partial charge in [-0.2, -0.15) is 0 Å². The summed E-state index contributed by atoms with van der Waals surface area (Å²) in [6.45, 7) is 3.11. The fourth-order valence-electron chi connectivity index (χ4n) is 4.28. The second-order valence-corrected chi connectivity index (χ2v) is 6.02. The lowest BCUT2D eigenvalue weighted by Gasteiger charge is -2.46. The van der Waals surface area contributed by atoms with E-state index < -0.39 is 0 Å². The molecule has 3 aliphatic heterocycles. The largest absolute Gasteiger partial charge is 0.461 e. The molecule has 0 bridgehead atoms. The van der Waals surface area contributed by atoms with Crippen LogP contribution in [0.5, 0.6) is 0 Å². The SMILES string of the molecule is C[C@@H]1OC(=O)[C@H]2CC[C@H]3c4ccccc4CCN3[C@@H]12. The van der Waals surface area contributed by atoms with Crippen LogP contribution in [0, 0.1) is 5.92 Å². The maximum absolute atomic E-state index is 11.9. The number of nitrogens with zero attached hydrogens (tertiary/aromatic N) is 1. The van der Waals surface area contributed by atoms with Crippen molar-refractivity contribution in [3.8, 4) is 0 Å². The van der Waals surface area contributed by atoms with Gasteiger partial charge in [0.05, 0.1) is 12.0 Å². The molecular formula is C16H19NO2. The lowest BCUT2D eigenvalue weighted by Crippen LogP contribution is -2.52. The molecule has 0 aliphatic carbocycles. The Balaban J connectivity index is 1.72. The van der Waals surface area contributed by atoms with Crippen LogP contribution in [0.4, 0.5) is 0 Å². The third kappa shape index (κ3) is 1.57. The molecule has 0 aromatic heterocycles. The Morgan fingerprint density at radius 2 is 2.11 bits per heavy atom. The Hall–Kier alpha value is -1.35. The number of carbonyl (C=O) groups is 1. The minimum Gasteiger partial charge on any atom is -0.461 e. The van der Waals surface area contributed by atoms with E-state index in [0.29, 0.717) is 12.1 Å². The van der Waals surface area contributed by atoms with E-state index >= 15 is 0 Å². The van der Waals surface area contributed by atoms with Crippen LogP contribution in [-0.4, -0.2) is 29.6 Å². The number of esters is 1. The van der Waals surface area contributed by atoms with E-state index in [1.165, 1.54) is 11.1 Å². The standard InChI is InChI=1S/C16H19NO2/c1-10-15-13(16(18)19-10)6-7-14-12-5-3-2-4-11(12)8-9-17(14)15/h2-5,10,13-15H,6-9H2,1H3/t10-,13-,14-,15-/m0/s1. The molecule has 3 aliphatic rings. The molecule has 0 saturated carbocycles. The number of cyclic esters (lactones) is 1. The van der Waals surface area contributed by atoms with Gasteiger partial charge in [0, 0.05) is 12.6 Å². The number of carbonyl (C=O) groups excluding carboxylic acids is 1. The Bertz CT molecular complexity index is 527. The van der Waals surface area contributed by atoms with Crippen molar-refractivity contribution >= 4 is 5.97 Å². The summed E-state index contributed by atoms with van der Waals surface area (Å²) in [6.07, 6.45) is 3.20. The van der Waals surface area contributed by atoms with Crippen LogP contribution in [0.15, 0.2) is 24.3 Å². The summed E-state index contributed by atoms with van der Waals surface area (Å²) in [6, 6.07) is 9.55. The highest BCUT2D eigenvalue weighted by Gasteiger charge is 2.51. The van der Waals surface area contributed by atoms with Gasteiger partial charge >= 0.3 is 5.97 Å². The zero-order valence-corrected chi connectivity index (χ0v) is 11.2. The third-order valence-corrected chi connectivity index (χ3v) is 5.09. The number of hydrogen-bond acceptors (Lipinski definition) is 3. The summed E-state index contributed by atoms with van der Waals surface area (Å²) >= 11 is 0. The molecular weight excluding hydrogens is 238 g/mol. The molecule has 4 rings (SSSR count). The van der Waals surface area contributed by atoms with Crippen molar-refractivity contribution in [2.75, 3.05) is 6.54 Å². The smallest absolute Gasteiger partial charge is 0.310 e. The Morgan fingerprint density at radius 3 is 3.00 bits per heavy atom. The lowest BCUT2D eigenvalue weighted by atomic mass is 9.79. The first-order valence-corrected chi connectivity index (χ1v) is 7.30. The van der Waals surface area contributed by atoms with Gasteiger partial charge in [-0.1, -0.05) is 24.3 Å². The van der Waals surface area contributed by atoms with Crippen molar-refractivity contribution in [2.45, 2.75) is 44.4 Å². The fourth-order valence-corrected chi connectivity index (χ4v) is 4.28. The molecule has 3 heterocycles. The molecule has 1 aromatic rings. The first-order valence-electron chi connectivity index (χ1n) is 7.30. The van der Waals surface area contributed by atoms with Crippen molar-refractivity contribution in [3.05, 3.63) is 35.4 Å². The van der Waals surface area contributed by atoms with Gasteiger partial charge in [-0.15, -0.1) is 0 Å². The lowest BCUT2D eigenvalue weighted by molar-refractivity contribution is -0.144. The zero-order chi connectivity index (χ0) is 13.0. The predicted molar refractivity (Wildman–Crippen MR) is 71.7 cm³/mol. The molecule has 2 fully saturated rings. The molecule has 0 spiro atoms. The average molecular weight is 257 g/mol. The molecule has 19 heavy (non-hydrogen) atoms. The van der Waals surface area contributed by atoms with Gasteiger partial charge in [0.2, 0.25) is 0 Å². The highest BCUT2D eigenvalue weighted by atomic mass is 16.6. The Labute approximate surface area is 113 Å². The zero-order valence-electron chi connectivity index (χ0n) is 11.2. The molecule has 1 aromatic carbocycles. The van der Waals surface area contributed by atoms with E-state index in [-0.39, 0.29) is 18.0 Å². The van der Waals surface area contributed by atoms with E-state index in [1.807, 2.05) is 6.92 Å². The maximum Gasteiger partial charge on any atom is 0.310 e. The van der Waals surface area contributed by atoms with Crippen LogP contribution >= 0.6 is 0 Å². The number of piperidine rings is 1. The molecule has 0 N–H and O–H groups in total. The van der Waals surface area contributed by atoms with Gasteiger partial charge in [-0.25, -0.2) is 0 Å². The first kappa shape index (κ1) is 11.5. The van der Waals surface area contributed by atoms with Gasteiger partial charge < -0.3 is 4.74 Å². The van der Waals surface area contributed by atoms with Crippen LogP contribution in [0.3, 0.4) is 0 Å². The van der Waals surface area contributed by atoms with Crippen molar-refractivity contribution in [3.63, 3.8) is 0 Å². The van der Waals surface area contributed by atoms with E-state index in [9.17, 15) is 4.79 Å². The van der Waals surface area contributed by atoms with Crippen LogP contribution < -0.4 is 0 Å². The highest BCUT2D eigenvalue weighted by Crippen LogP contribution is 2.45. The molecule has 2 saturated heterocycles. The van der Waals surface area contributed by atoms with Gasteiger partial charge in [0.1, 0.15) is 6.10 Å². The summed E-state index contributed by atoms with van der Waals surface area (Å²) in [4.78, 5) is 14.4. The topological polar surface area (TPSA) is 29.5 Å². The predicted octanol–water partition coefficient (Wildman–Crippen LogP) is 2.31. The molecule has 0 amide bonds. The van der Waals surface area contributed by atoms with E-state index in [1.54, 1.807) is 0 Å². The van der Waals surface area contributed by atoms with Gasteiger partial charge in [-0.05, 0) is 37.3 Å². The normalized spacial score (nSPS) is 37.2. The quantitative estimate of drug-likeness (QED) is 0.668. The van der Waals surface area contributed by atoms with Crippen LogP contribution in [0.25, 0.3) is 0 Å². The van der Waals surface area contributed by atoms with Crippen molar-refractivity contribution in [2.24, 2.45) is 5.92 Å². The molecule has 3 nitrogen and oxygen atoms in total. The summed E-state index contributed by atoms with van der Waals surface area (Å²) in [5.74, 6) is 0.131. The number of hydrogen-bond donors (Lipinski definition) is 0. The molecule has 0 unspecified atom stereocenters. The molecule has 100 valence electrons. The Kier molecular flexibility index (Phi) is 2.46. The van der Waals surface area contributed by atoms with Crippen molar-refractivity contribution < 1.29 is 9.53 Å². The highest BCUT2D eigenvalue weighted by molar-refractivity contribution is 5.76. The van der Waals surface area contributed by atoms with Crippen molar-refractivity contribution in [1.82, 2.24) is 4.90 Å². The number of rotatable bonds is 0. The van der Waals surface area contributed by atoms with E-state index in [0.717, 1.165) is 25.8 Å². The minimum absolute atomic E-state index is 0.0230. The summed E-state index contributed by atoms with van der Waals surface area (Å²) in [5, 5.41) is 0. The van der Waals surface area contributed by atoms with E-state index in [4.69, 9.17) is 4.74 Å². The maximum atomic E-state index is 11.9. The van der Waals surface area contributed by atoms with Crippen LogP contribution in [0.2, 0.25) is 0 Å². The summed E-state index contributed by atoms with van der Waals surface area (Å²) < 4.78 is 5.46. The van der Waals surface area contributed by atoms with Crippen LogP contribution in [-0.2, 0) is 16.0 Å². The third-order valence-electron chi connectivity index (χ3n) is 5.09. The minimum atomic E-state index is 0.0230. The first-order chi connectivity index (χ1) is 9.25.